The highest BCUT2D eigenvalue weighted by atomic mass is 35.5. The van der Waals surface area contributed by atoms with Crippen LogP contribution >= 0.6 is 23.2 Å². The smallest absolute Gasteiger partial charge is 0.0439 e. The molecule has 0 fully saturated rings. The van der Waals surface area contributed by atoms with Crippen LogP contribution in [-0.2, 0) is 6.42 Å². The molecule has 0 aliphatic rings. The average molecular weight is 274 g/mol. The number of hydrogen-bond acceptors (Lipinski definition) is 1. The van der Waals surface area contributed by atoms with Crippen LogP contribution in [0.25, 0.3) is 0 Å². The molecule has 0 saturated heterocycles. The third kappa shape index (κ3) is 4.50. The minimum atomic E-state index is 0.450. The van der Waals surface area contributed by atoms with Crippen LogP contribution in [0.15, 0.2) is 18.2 Å². The van der Waals surface area contributed by atoms with Crippen LogP contribution in [0.3, 0.4) is 0 Å². The zero-order valence-electron chi connectivity index (χ0n) is 10.8. The summed E-state index contributed by atoms with van der Waals surface area (Å²) in [5, 5.41) is 4.94. The van der Waals surface area contributed by atoms with Gasteiger partial charge in [-0.25, -0.2) is 0 Å². The Balaban J connectivity index is 2.76. The van der Waals surface area contributed by atoms with Gasteiger partial charge in [-0.2, -0.15) is 0 Å². The number of hydrogen-bond donors (Lipinski definition) is 1. The van der Waals surface area contributed by atoms with Gasteiger partial charge >= 0.3 is 0 Å². The number of rotatable bonds is 6. The lowest BCUT2D eigenvalue weighted by Crippen LogP contribution is -2.34. The molecule has 0 amide bonds. The highest BCUT2D eigenvalue weighted by molar-refractivity contribution is 6.33. The molecule has 0 heterocycles. The molecule has 1 aromatic rings. The van der Waals surface area contributed by atoms with Gasteiger partial charge in [0.1, 0.15) is 0 Å². The first kappa shape index (κ1) is 14.8. The summed E-state index contributed by atoms with van der Waals surface area (Å²) in [6.07, 6.45) is 3.36. The van der Waals surface area contributed by atoms with E-state index in [1.807, 2.05) is 25.2 Å². The minimum absolute atomic E-state index is 0.450. The summed E-state index contributed by atoms with van der Waals surface area (Å²) in [7, 11) is 2.01. The Morgan fingerprint density at radius 2 is 2.00 bits per heavy atom. The van der Waals surface area contributed by atoms with Crippen molar-refractivity contribution in [1.82, 2.24) is 5.32 Å². The molecule has 0 aliphatic carbocycles. The van der Waals surface area contributed by atoms with E-state index in [4.69, 9.17) is 23.2 Å². The molecule has 2 unspecified atom stereocenters. The van der Waals surface area contributed by atoms with E-state index in [0.717, 1.165) is 22.0 Å². The van der Waals surface area contributed by atoms with E-state index >= 15 is 0 Å². The first-order valence-electron chi connectivity index (χ1n) is 6.19. The van der Waals surface area contributed by atoms with Crippen LogP contribution in [0.5, 0.6) is 0 Å². The van der Waals surface area contributed by atoms with Gasteiger partial charge in [0.2, 0.25) is 0 Å². The molecule has 1 aromatic carbocycles. The predicted molar refractivity (Wildman–Crippen MR) is 77.1 cm³/mol. The van der Waals surface area contributed by atoms with Crippen LogP contribution < -0.4 is 5.32 Å². The maximum atomic E-state index is 6.19. The Morgan fingerprint density at radius 1 is 1.29 bits per heavy atom. The van der Waals surface area contributed by atoms with Gasteiger partial charge in [-0.1, -0.05) is 43.5 Å². The van der Waals surface area contributed by atoms with Gasteiger partial charge in [0.25, 0.3) is 0 Å². The standard InChI is InChI=1S/C14H21Cl2N/c1-4-5-10(2)14(17-3)9-11-8-12(15)6-7-13(11)16/h6-8,10,14,17H,4-5,9H2,1-3H3. The van der Waals surface area contributed by atoms with Gasteiger partial charge in [0.05, 0.1) is 0 Å². The zero-order chi connectivity index (χ0) is 12.8. The third-order valence-electron chi connectivity index (χ3n) is 3.25. The summed E-state index contributed by atoms with van der Waals surface area (Å²) in [5.74, 6) is 0.639. The third-order valence-corrected chi connectivity index (χ3v) is 3.85. The van der Waals surface area contributed by atoms with E-state index in [1.165, 1.54) is 12.8 Å². The van der Waals surface area contributed by atoms with Crippen molar-refractivity contribution >= 4 is 23.2 Å². The van der Waals surface area contributed by atoms with Gasteiger partial charge in [-0.05, 0) is 49.6 Å². The van der Waals surface area contributed by atoms with E-state index in [-0.39, 0.29) is 0 Å². The molecule has 1 N–H and O–H groups in total. The Hall–Kier alpha value is -0.240. The quantitative estimate of drug-likeness (QED) is 0.801. The highest BCUT2D eigenvalue weighted by Gasteiger charge is 2.16. The Morgan fingerprint density at radius 3 is 2.59 bits per heavy atom. The molecule has 1 nitrogen and oxygen atoms in total. The van der Waals surface area contributed by atoms with Crippen molar-refractivity contribution in [2.24, 2.45) is 5.92 Å². The van der Waals surface area contributed by atoms with E-state index in [0.29, 0.717) is 12.0 Å². The first-order chi connectivity index (χ1) is 8.08. The van der Waals surface area contributed by atoms with Crippen LogP contribution in [0.1, 0.15) is 32.3 Å². The van der Waals surface area contributed by atoms with Gasteiger partial charge in [-0.15, -0.1) is 0 Å². The molecule has 0 aromatic heterocycles. The van der Waals surface area contributed by atoms with Crippen LogP contribution in [0, 0.1) is 5.92 Å². The van der Waals surface area contributed by atoms with Crippen LogP contribution in [0.4, 0.5) is 0 Å². The monoisotopic (exact) mass is 273 g/mol. The van der Waals surface area contributed by atoms with Crippen molar-refractivity contribution in [3.63, 3.8) is 0 Å². The molecule has 3 heteroatoms. The van der Waals surface area contributed by atoms with Crippen molar-refractivity contribution in [2.45, 2.75) is 39.2 Å². The molecule has 0 bridgehead atoms. The lowest BCUT2D eigenvalue weighted by molar-refractivity contribution is 0.372. The predicted octanol–water partition coefficient (Wildman–Crippen LogP) is 4.56. The summed E-state index contributed by atoms with van der Waals surface area (Å²) >= 11 is 12.2. The van der Waals surface area contributed by atoms with Crippen molar-refractivity contribution < 1.29 is 0 Å². The number of halogens is 2. The lowest BCUT2D eigenvalue weighted by Gasteiger charge is -2.23. The van der Waals surface area contributed by atoms with Gasteiger partial charge < -0.3 is 5.32 Å². The number of likely N-dealkylation sites (N-methyl/N-ethyl adjacent to an activating group) is 1. The molecule has 2 atom stereocenters. The molecule has 17 heavy (non-hydrogen) atoms. The molecule has 0 aliphatic heterocycles. The Labute approximate surface area is 115 Å². The summed E-state index contributed by atoms with van der Waals surface area (Å²) in [6, 6.07) is 6.12. The lowest BCUT2D eigenvalue weighted by atomic mass is 9.91. The molecule has 0 radical (unpaired) electrons. The zero-order valence-corrected chi connectivity index (χ0v) is 12.3. The summed E-state index contributed by atoms with van der Waals surface area (Å²) < 4.78 is 0. The van der Waals surface area contributed by atoms with Crippen molar-refractivity contribution in [3.8, 4) is 0 Å². The van der Waals surface area contributed by atoms with E-state index in [1.54, 1.807) is 0 Å². The SMILES string of the molecule is CCCC(C)C(Cc1cc(Cl)ccc1Cl)NC. The second kappa shape index (κ2) is 7.25. The van der Waals surface area contributed by atoms with Crippen molar-refractivity contribution in [3.05, 3.63) is 33.8 Å². The fourth-order valence-corrected chi connectivity index (χ4v) is 2.57. The topological polar surface area (TPSA) is 12.0 Å². The minimum Gasteiger partial charge on any atom is -0.316 e. The summed E-state index contributed by atoms with van der Waals surface area (Å²) in [5.41, 5.74) is 1.13. The van der Waals surface area contributed by atoms with E-state index in [9.17, 15) is 0 Å². The maximum Gasteiger partial charge on any atom is 0.0439 e. The van der Waals surface area contributed by atoms with Crippen LogP contribution in [-0.4, -0.2) is 13.1 Å². The van der Waals surface area contributed by atoms with E-state index in [2.05, 4.69) is 19.2 Å². The van der Waals surface area contributed by atoms with E-state index < -0.39 is 0 Å². The van der Waals surface area contributed by atoms with Crippen LogP contribution in [0.2, 0.25) is 10.0 Å². The van der Waals surface area contributed by atoms with Gasteiger partial charge in [0, 0.05) is 16.1 Å². The maximum absolute atomic E-state index is 6.19. The average Bonchev–Trinajstić information content (AvgIpc) is 2.30. The molecular weight excluding hydrogens is 253 g/mol. The summed E-state index contributed by atoms with van der Waals surface area (Å²) in [4.78, 5) is 0. The normalized spacial score (nSPS) is 14.6. The number of benzene rings is 1. The number of nitrogens with one attached hydrogen (secondary N) is 1. The molecule has 96 valence electrons. The largest absolute Gasteiger partial charge is 0.316 e. The summed E-state index contributed by atoms with van der Waals surface area (Å²) in [6.45, 7) is 4.50. The first-order valence-corrected chi connectivity index (χ1v) is 6.95. The Bertz CT molecular complexity index is 352. The molecule has 0 saturated carbocycles. The fourth-order valence-electron chi connectivity index (χ4n) is 2.18. The van der Waals surface area contributed by atoms with Gasteiger partial charge in [-0.3, -0.25) is 0 Å². The highest BCUT2D eigenvalue weighted by Crippen LogP contribution is 2.24. The second-order valence-corrected chi connectivity index (χ2v) is 5.44. The molecule has 0 spiro atoms. The van der Waals surface area contributed by atoms with Crippen molar-refractivity contribution in [2.75, 3.05) is 7.05 Å². The second-order valence-electron chi connectivity index (χ2n) is 4.60. The molecular formula is C14H21Cl2N. The molecule has 1 rings (SSSR count). The fraction of sp³-hybridized carbons (Fsp3) is 0.571. The Kier molecular flexibility index (Phi) is 6.32. The van der Waals surface area contributed by atoms with Gasteiger partial charge in [0.15, 0.2) is 0 Å². The van der Waals surface area contributed by atoms with Crippen molar-refractivity contribution in [1.29, 1.82) is 0 Å².